The van der Waals surface area contributed by atoms with E-state index in [4.69, 9.17) is 21.1 Å². The Labute approximate surface area is 129 Å². The molecule has 2 aromatic rings. The highest BCUT2D eigenvalue weighted by Crippen LogP contribution is 2.31. The molecule has 0 aliphatic rings. The van der Waals surface area contributed by atoms with Crippen LogP contribution in [-0.4, -0.2) is 21.9 Å². The maximum absolute atomic E-state index is 5.95. The van der Waals surface area contributed by atoms with Crippen LogP contribution in [0, 0.1) is 5.41 Å². The van der Waals surface area contributed by atoms with Crippen LogP contribution in [0.1, 0.15) is 20.8 Å². The number of halogens is 1. The number of allylic oxidation sites excluding steroid dienone is 1. The summed E-state index contributed by atoms with van der Waals surface area (Å²) in [5.41, 5.74) is -0.248. The highest BCUT2D eigenvalue weighted by atomic mass is 35.5. The van der Waals surface area contributed by atoms with Crippen LogP contribution in [0.2, 0.25) is 5.02 Å². The second-order valence-electron chi connectivity index (χ2n) is 5.48. The summed E-state index contributed by atoms with van der Waals surface area (Å²) in [6.07, 6.45) is 3.01. The normalized spacial score (nSPS) is 12.8. The van der Waals surface area contributed by atoms with Gasteiger partial charge in [-0.05, 0) is 24.3 Å². The number of benzene rings is 1. The fraction of sp³-hybridized carbons (Fsp3) is 0.333. The topological polar surface area (TPSA) is 49.2 Å². The Kier molecular flexibility index (Phi) is 4.53. The molecule has 6 heteroatoms. The van der Waals surface area contributed by atoms with Crippen molar-refractivity contribution in [1.29, 1.82) is 0 Å². The Morgan fingerprint density at radius 1 is 1.19 bits per heavy atom. The van der Waals surface area contributed by atoms with Crippen LogP contribution in [0.3, 0.4) is 0 Å². The lowest BCUT2D eigenvalue weighted by atomic mass is 9.94. The SMILES string of the molecule is CO/C(=C(/Oc1ccc(Cl)cc1)n1cncn1)C(C)(C)C. The van der Waals surface area contributed by atoms with E-state index in [-0.39, 0.29) is 5.41 Å². The highest BCUT2D eigenvalue weighted by molar-refractivity contribution is 6.30. The Hall–Kier alpha value is -2.01. The Morgan fingerprint density at radius 2 is 1.86 bits per heavy atom. The van der Waals surface area contributed by atoms with Crippen LogP contribution >= 0.6 is 11.6 Å². The number of aromatic nitrogens is 3. The molecule has 1 aromatic carbocycles. The van der Waals surface area contributed by atoms with Crippen molar-refractivity contribution in [2.75, 3.05) is 7.11 Å². The first-order valence-corrected chi connectivity index (χ1v) is 6.87. The average Bonchev–Trinajstić information content (AvgIpc) is 2.93. The first kappa shape index (κ1) is 15.4. The summed E-state index contributed by atoms with van der Waals surface area (Å²) in [4.78, 5) is 3.96. The maximum atomic E-state index is 5.95. The van der Waals surface area contributed by atoms with Gasteiger partial charge in [0, 0.05) is 10.4 Å². The molecular weight excluding hydrogens is 290 g/mol. The zero-order valence-corrected chi connectivity index (χ0v) is 13.3. The zero-order valence-electron chi connectivity index (χ0n) is 12.5. The minimum atomic E-state index is -0.248. The van der Waals surface area contributed by atoms with E-state index in [0.29, 0.717) is 22.4 Å². The minimum Gasteiger partial charge on any atom is -0.495 e. The molecule has 0 radical (unpaired) electrons. The van der Waals surface area contributed by atoms with Gasteiger partial charge in [0.2, 0.25) is 0 Å². The summed E-state index contributed by atoms with van der Waals surface area (Å²) < 4.78 is 13.0. The van der Waals surface area contributed by atoms with E-state index in [0.717, 1.165) is 0 Å². The molecule has 0 aliphatic carbocycles. The lowest BCUT2D eigenvalue weighted by Crippen LogP contribution is -2.19. The smallest absolute Gasteiger partial charge is 0.261 e. The van der Waals surface area contributed by atoms with Gasteiger partial charge in [0.15, 0.2) is 5.76 Å². The number of hydrogen-bond donors (Lipinski definition) is 0. The summed E-state index contributed by atoms with van der Waals surface area (Å²) >= 11 is 5.89. The number of rotatable bonds is 4. The van der Waals surface area contributed by atoms with Gasteiger partial charge in [0.1, 0.15) is 18.4 Å². The molecule has 0 saturated heterocycles. The van der Waals surface area contributed by atoms with Crippen LogP contribution in [-0.2, 0) is 4.74 Å². The van der Waals surface area contributed by atoms with Gasteiger partial charge in [-0.2, -0.15) is 9.78 Å². The average molecular weight is 308 g/mol. The molecule has 5 nitrogen and oxygen atoms in total. The highest BCUT2D eigenvalue weighted by Gasteiger charge is 2.26. The molecule has 21 heavy (non-hydrogen) atoms. The van der Waals surface area contributed by atoms with E-state index < -0.39 is 0 Å². The number of hydrogen-bond acceptors (Lipinski definition) is 4. The molecule has 0 atom stereocenters. The molecule has 0 unspecified atom stereocenters. The van der Waals surface area contributed by atoms with Gasteiger partial charge in [0.05, 0.1) is 7.11 Å². The molecule has 112 valence electrons. The van der Waals surface area contributed by atoms with Crippen molar-refractivity contribution in [1.82, 2.24) is 14.8 Å². The summed E-state index contributed by atoms with van der Waals surface area (Å²) in [7, 11) is 1.61. The second kappa shape index (κ2) is 6.18. The van der Waals surface area contributed by atoms with Gasteiger partial charge < -0.3 is 9.47 Å². The standard InChI is InChI=1S/C15H18ClN3O2/c1-15(2,3)13(20-4)14(19-10-17-9-18-19)21-12-7-5-11(16)6-8-12/h5-10H,1-4H3/b14-13+. The monoisotopic (exact) mass is 307 g/mol. The van der Waals surface area contributed by atoms with Crippen LogP contribution in [0.5, 0.6) is 5.75 Å². The third-order valence-electron chi connectivity index (χ3n) is 2.73. The van der Waals surface area contributed by atoms with Crippen molar-refractivity contribution in [3.05, 3.63) is 47.7 Å². The minimum absolute atomic E-state index is 0.248. The van der Waals surface area contributed by atoms with Crippen molar-refractivity contribution in [3.63, 3.8) is 0 Å². The van der Waals surface area contributed by atoms with E-state index in [2.05, 4.69) is 10.1 Å². The summed E-state index contributed by atoms with van der Waals surface area (Å²) in [5.74, 6) is 1.79. The predicted octanol–water partition coefficient (Wildman–Crippen LogP) is 3.83. The van der Waals surface area contributed by atoms with E-state index in [9.17, 15) is 0 Å². The van der Waals surface area contributed by atoms with Crippen LogP contribution in [0.25, 0.3) is 5.88 Å². The first-order valence-electron chi connectivity index (χ1n) is 6.49. The Bertz CT molecular complexity index is 613. The molecule has 0 N–H and O–H groups in total. The maximum Gasteiger partial charge on any atom is 0.261 e. The van der Waals surface area contributed by atoms with Crippen molar-refractivity contribution in [2.45, 2.75) is 20.8 Å². The molecule has 0 aliphatic heterocycles. The summed E-state index contributed by atoms with van der Waals surface area (Å²) in [6, 6.07) is 7.10. The van der Waals surface area contributed by atoms with Crippen LogP contribution < -0.4 is 4.74 Å². The van der Waals surface area contributed by atoms with E-state index in [1.807, 2.05) is 20.8 Å². The number of methoxy groups -OCH3 is 1. The molecule has 0 fully saturated rings. The molecule has 1 heterocycles. The van der Waals surface area contributed by atoms with Crippen molar-refractivity contribution in [2.24, 2.45) is 5.41 Å². The lowest BCUT2D eigenvalue weighted by Gasteiger charge is -2.24. The lowest BCUT2D eigenvalue weighted by molar-refractivity contribution is 0.194. The Balaban J connectivity index is 2.47. The van der Waals surface area contributed by atoms with Crippen LogP contribution in [0.4, 0.5) is 0 Å². The summed E-state index contributed by atoms with van der Waals surface area (Å²) in [6.45, 7) is 6.11. The van der Waals surface area contributed by atoms with E-state index >= 15 is 0 Å². The first-order chi connectivity index (χ1) is 9.91. The number of nitrogens with zero attached hydrogens (tertiary/aromatic N) is 3. The fourth-order valence-corrected chi connectivity index (χ4v) is 1.96. The molecular formula is C15H18ClN3O2. The molecule has 1 aromatic heterocycles. The molecule has 0 bridgehead atoms. The third kappa shape index (κ3) is 3.76. The molecule has 2 rings (SSSR count). The van der Waals surface area contributed by atoms with Crippen LogP contribution in [0.15, 0.2) is 42.7 Å². The van der Waals surface area contributed by atoms with Crippen molar-refractivity contribution >= 4 is 17.5 Å². The van der Waals surface area contributed by atoms with E-state index in [1.54, 1.807) is 42.4 Å². The van der Waals surface area contributed by atoms with Gasteiger partial charge in [-0.1, -0.05) is 32.4 Å². The van der Waals surface area contributed by atoms with E-state index in [1.165, 1.54) is 6.33 Å². The zero-order chi connectivity index (χ0) is 15.5. The Morgan fingerprint density at radius 3 is 2.33 bits per heavy atom. The van der Waals surface area contributed by atoms with Gasteiger partial charge in [-0.25, -0.2) is 4.98 Å². The quantitative estimate of drug-likeness (QED) is 0.806. The second-order valence-corrected chi connectivity index (χ2v) is 5.92. The number of ether oxygens (including phenoxy) is 2. The van der Waals surface area contributed by atoms with Crippen molar-refractivity contribution < 1.29 is 9.47 Å². The molecule has 0 saturated carbocycles. The predicted molar refractivity (Wildman–Crippen MR) is 81.8 cm³/mol. The molecule has 0 spiro atoms. The fourth-order valence-electron chi connectivity index (χ4n) is 1.84. The molecule has 0 amide bonds. The van der Waals surface area contributed by atoms with Gasteiger partial charge in [-0.3, -0.25) is 0 Å². The van der Waals surface area contributed by atoms with Crippen molar-refractivity contribution in [3.8, 4) is 5.75 Å². The van der Waals surface area contributed by atoms with Gasteiger partial charge in [0.25, 0.3) is 5.88 Å². The third-order valence-corrected chi connectivity index (χ3v) is 2.99. The largest absolute Gasteiger partial charge is 0.495 e. The van der Waals surface area contributed by atoms with Gasteiger partial charge in [-0.15, -0.1) is 0 Å². The van der Waals surface area contributed by atoms with Gasteiger partial charge >= 0.3 is 0 Å². The summed E-state index contributed by atoms with van der Waals surface area (Å²) in [5, 5.41) is 4.78.